The van der Waals surface area contributed by atoms with Crippen molar-refractivity contribution >= 4 is 39.3 Å². The molecule has 0 aliphatic carbocycles. The van der Waals surface area contributed by atoms with E-state index in [-0.39, 0.29) is 0 Å². The van der Waals surface area contributed by atoms with E-state index in [9.17, 15) is 4.79 Å². The minimum absolute atomic E-state index is 0.421. The largest absolute Gasteiger partial charge is 0.276 e. The van der Waals surface area contributed by atoms with E-state index >= 15 is 0 Å². The molecule has 0 aliphatic rings. The fourth-order valence-electron chi connectivity index (χ4n) is 2.74. The first kappa shape index (κ1) is 16.9. The average molecular weight is 358 g/mol. The normalized spacial score (nSPS) is 12.3. The first-order valence-electron chi connectivity index (χ1n) is 7.90. The molecular formula is C20H17Cl2NO. The molecule has 1 atom stereocenters. The van der Waals surface area contributed by atoms with E-state index in [2.05, 4.69) is 31.0 Å². The molecule has 0 spiro atoms. The van der Waals surface area contributed by atoms with E-state index in [4.69, 9.17) is 23.2 Å². The molecule has 24 heavy (non-hydrogen) atoms. The van der Waals surface area contributed by atoms with Crippen LogP contribution in [0.15, 0.2) is 48.5 Å². The number of benzene rings is 2. The van der Waals surface area contributed by atoms with Gasteiger partial charge in [0.25, 0.3) is 5.24 Å². The Bertz CT molecular complexity index is 903. The van der Waals surface area contributed by atoms with Crippen LogP contribution >= 0.6 is 23.2 Å². The molecule has 122 valence electrons. The lowest BCUT2D eigenvalue weighted by Crippen LogP contribution is -1.97. The maximum atomic E-state index is 11.8. The van der Waals surface area contributed by atoms with E-state index in [1.165, 1.54) is 5.56 Å². The molecule has 0 radical (unpaired) electrons. The van der Waals surface area contributed by atoms with Crippen LogP contribution < -0.4 is 0 Å². The van der Waals surface area contributed by atoms with Crippen LogP contribution in [0, 0.1) is 0 Å². The molecule has 0 saturated carbocycles. The molecular weight excluding hydrogens is 341 g/mol. The molecule has 2 nitrogen and oxygen atoms in total. The average Bonchev–Trinajstić information content (AvgIpc) is 2.60. The van der Waals surface area contributed by atoms with Gasteiger partial charge in [0.1, 0.15) is 0 Å². The van der Waals surface area contributed by atoms with Gasteiger partial charge in [0.2, 0.25) is 0 Å². The van der Waals surface area contributed by atoms with Gasteiger partial charge in [-0.1, -0.05) is 61.8 Å². The third-order valence-electron chi connectivity index (χ3n) is 4.39. The smallest absolute Gasteiger partial charge is 0.253 e. The van der Waals surface area contributed by atoms with E-state index < -0.39 is 5.24 Å². The number of nitrogens with zero attached hydrogens (tertiary/aromatic N) is 1. The van der Waals surface area contributed by atoms with Crippen LogP contribution in [0.4, 0.5) is 0 Å². The van der Waals surface area contributed by atoms with E-state index in [0.717, 1.165) is 12.0 Å². The summed E-state index contributed by atoms with van der Waals surface area (Å²) < 4.78 is 0. The van der Waals surface area contributed by atoms with Crippen molar-refractivity contribution < 1.29 is 4.79 Å². The lowest BCUT2D eigenvalue weighted by molar-refractivity contribution is 0.108. The Morgan fingerprint density at radius 3 is 2.50 bits per heavy atom. The molecule has 0 saturated heterocycles. The number of carbonyl (C=O) groups excluding carboxylic acids is 1. The molecule has 3 rings (SSSR count). The van der Waals surface area contributed by atoms with Gasteiger partial charge >= 0.3 is 0 Å². The third kappa shape index (κ3) is 3.17. The highest BCUT2D eigenvalue weighted by molar-refractivity contribution is 6.68. The number of carbonyl (C=O) groups is 1. The zero-order valence-corrected chi connectivity index (χ0v) is 15.0. The van der Waals surface area contributed by atoms with Crippen molar-refractivity contribution in [3.05, 3.63) is 64.7 Å². The number of rotatable bonds is 4. The highest BCUT2D eigenvalue weighted by atomic mass is 35.5. The van der Waals surface area contributed by atoms with Crippen molar-refractivity contribution in [2.45, 2.75) is 26.2 Å². The predicted octanol–water partition coefficient (Wildman–Crippen LogP) is 6.45. The standard InChI is InChI=1S/C20H17Cl2NO/c1-3-12(2)13-7-9-14(10-8-13)18-11-16(20(22)24)15-5-4-6-17(21)19(15)23-18/h4-12H,3H2,1-2H3/t12-/m1/s1. The number of hydrogen-bond acceptors (Lipinski definition) is 2. The van der Waals surface area contributed by atoms with Crippen molar-refractivity contribution in [3.8, 4) is 11.3 Å². The van der Waals surface area contributed by atoms with E-state index in [1.54, 1.807) is 24.3 Å². The number of fused-ring (bicyclic) bond motifs is 1. The molecule has 2 aromatic carbocycles. The number of aromatic nitrogens is 1. The number of para-hydroxylation sites is 1. The molecule has 0 N–H and O–H groups in total. The minimum atomic E-state index is -0.512. The van der Waals surface area contributed by atoms with Gasteiger partial charge in [-0.3, -0.25) is 4.79 Å². The second-order valence-electron chi connectivity index (χ2n) is 5.90. The van der Waals surface area contributed by atoms with Gasteiger partial charge in [-0.2, -0.15) is 0 Å². The number of pyridine rings is 1. The molecule has 0 fully saturated rings. The molecule has 0 unspecified atom stereocenters. The van der Waals surface area contributed by atoms with Crippen LogP contribution in [0.3, 0.4) is 0 Å². The van der Waals surface area contributed by atoms with Gasteiger partial charge in [0.05, 0.1) is 16.2 Å². The summed E-state index contributed by atoms with van der Waals surface area (Å²) >= 11 is 12.0. The van der Waals surface area contributed by atoms with Crippen molar-refractivity contribution in [1.82, 2.24) is 4.98 Å². The Kier molecular flexibility index (Phi) is 4.88. The Morgan fingerprint density at radius 1 is 1.17 bits per heavy atom. The SMILES string of the molecule is CC[C@@H](C)c1ccc(-c2cc(C(=O)Cl)c3cccc(Cl)c3n2)cc1. The van der Waals surface area contributed by atoms with Crippen molar-refractivity contribution in [3.63, 3.8) is 0 Å². The number of hydrogen-bond donors (Lipinski definition) is 0. The molecule has 0 amide bonds. The van der Waals surface area contributed by atoms with Crippen molar-refractivity contribution in [2.75, 3.05) is 0 Å². The van der Waals surface area contributed by atoms with Gasteiger partial charge in [-0.05, 0) is 41.6 Å². The summed E-state index contributed by atoms with van der Waals surface area (Å²) in [6.07, 6.45) is 1.09. The molecule has 1 heterocycles. The maximum Gasteiger partial charge on any atom is 0.253 e. The summed E-state index contributed by atoms with van der Waals surface area (Å²) in [6.45, 7) is 4.37. The van der Waals surface area contributed by atoms with Crippen LogP contribution in [0.2, 0.25) is 5.02 Å². The quantitative estimate of drug-likeness (QED) is 0.502. The Morgan fingerprint density at radius 2 is 1.88 bits per heavy atom. The lowest BCUT2D eigenvalue weighted by atomic mass is 9.96. The fraction of sp³-hybridized carbons (Fsp3) is 0.200. The monoisotopic (exact) mass is 357 g/mol. The topological polar surface area (TPSA) is 30.0 Å². The molecule has 0 bridgehead atoms. The van der Waals surface area contributed by atoms with Crippen LogP contribution in [0.5, 0.6) is 0 Å². The Balaban J connectivity index is 2.16. The highest BCUT2D eigenvalue weighted by Gasteiger charge is 2.14. The fourth-order valence-corrected chi connectivity index (χ4v) is 3.12. The molecule has 0 aliphatic heterocycles. The van der Waals surface area contributed by atoms with Gasteiger partial charge in [-0.25, -0.2) is 4.98 Å². The lowest BCUT2D eigenvalue weighted by Gasteiger charge is -2.11. The number of halogens is 2. The Labute approximate surface area is 151 Å². The summed E-state index contributed by atoms with van der Waals surface area (Å²) in [4.78, 5) is 16.5. The minimum Gasteiger partial charge on any atom is -0.276 e. The first-order chi connectivity index (χ1) is 11.5. The summed E-state index contributed by atoms with van der Waals surface area (Å²) in [6, 6.07) is 15.3. The van der Waals surface area contributed by atoms with Gasteiger partial charge < -0.3 is 0 Å². The van der Waals surface area contributed by atoms with E-state index in [0.29, 0.717) is 33.1 Å². The van der Waals surface area contributed by atoms with Crippen LogP contribution in [-0.4, -0.2) is 10.2 Å². The van der Waals surface area contributed by atoms with Crippen molar-refractivity contribution in [2.24, 2.45) is 0 Å². The summed E-state index contributed by atoms with van der Waals surface area (Å²) in [5.41, 5.74) is 3.92. The zero-order valence-electron chi connectivity index (χ0n) is 13.5. The van der Waals surface area contributed by atoms with Crippen molar-refractivity contribution in [1.29, 1.82) is 0 Å². The van der Waals surface area contributed by atoms with Gasteiger partial charge in [0, 0.05) is 16.5 Å². The second-order valence-corrected chi connectivity index (χ2v) is 6.65. The van der Waals surface area contributed by atoms with E-state index in [1.807, 2.05) is 12.1 Å². The van der Waals surface area contributed by atoms with Gasteiger partial charge in [0.15, 0.2) is 0 Å². The van der Waals surface area contributed by atoms with Crippen LogP contribution in [0.1, 0.15) is 42.1 Å². The maximum absolute atomic E-state index is 11.8. The highest BCUT2D eigenvalue weighted by Crippen LogP contribution is 2.30. The van der Waals surface area contributed by atoms with Crippen LogP contribution in [-0.2, 0) is 0 Å². The summed E-state index contributed by atoms with van der Waals surface area (Å²) in [7, 11) is 0. The van der Waals surface area contributed by atoms with Gasteiger partial charge in [-0.15, -0.1) is 0 Å². The molecule has 1 aromatic heterocycles. The summed E-state index contributed by atoms with van der Waals surface area (Å²) in [5.74, 6) is 0.512. The predicted molar refractivity (Wildman–Crippen MR) is 101 cm³/mol. The third-order valence-corrected chi connectivity index (χ3v) is 4.90. The first-order valence-corrected chi connectivity index (χ1v) is 8.66. The van der Waals surface area contributed by atoms with Crippen LogP contribution in [0.25, 0.3) is 22.2 Å². The molecule has 4 heteroatoms. The second kappa shape index (κ2) is 6.92. The Hall–Kier alpha value is -1.90. The zero-order chi connectivity index (χ0) is 17.3. The summed E-state index contributed by atoms with van der Waals surface area (Å²) in [5, 5.41) is 0.661. The molecule has 3 aromatic rings.